The zero-order valence-electron chi connectivity index (χ0n) is 10.7. The van der Waals surface area contributed by atoms with Crippen LogP contribution in [0.1, 0.15) is 11.4 Å². The maximum Gasteiger partial charge on any atom is 0.262 e. The standard InChI is InChI=1S/C13H14BrN3O2/c1-8-13(9(2)17-16-8)15-12(18)7-19-11-5-3-4-10(14)6-11/h3-6H,7H2,1-2H3,(H,15,18)(H,16,17). The number of rotatable bonds is 4. The van der Waals surface area contributed by atoms with Gasteiger partial charge in [0, 0.05) is 4.47 Å². The van der Waals surface area contributed by atoms with Crippen molar-refractivity contribution >= 4 is 27.5 Å². The molecule has 0 bridgehead atoms. The molecule has 6 heteroatoms. The summed E-state index contributed by atoms with van der Waals surface area (Å²) in [4.78, 5) is 11.8. The van der Waals surface area contributed by atoms with Crippen LogP contribution >= 0.6 is 15.9 Å². The highest BCUT2D eigenvalue weighted by atomic mass is 79.9. The van der Waals surface area contributed by atoms with Gasteiger partial charge in [0.15, 0.2) is 6.61 Å². The predicted octanol–water partition coefficient (Wildman–Crippen LogP) is 2.81. The van der Waals surface area contributed by atoms with E-state index in [1.165, 1.54) is 0 Å². The average molecular weight is 324 g/mol. The van der Waals surface area contributed by atoms with Crippen LogP contribution in [0.25, 0.3) is 0 Å². The number of benzene rings is 1. The van der Waals surface area contributed by atoms with Crippen molar-refractivity contribution in [1.82, 2.24) is 10.2 Å². The molecule has 1 aromatic heterocycles. The molecule has 2 aromatic rings. The van der Waals surface area contributed by atoms with Crippen molar-refractivity contribution in [1.29, 1.82) is 0 Å². The molecule has 0 spiro atoms. The number of H-pyrrole nitrogens is 1. The van der Waals surface area contributed by atoms with Crippen molar-refractivity contribution in [2.75, 3.05) is 11.9 Å². The second-order valence-electron chi connectivity index (χ2n) is 4.10. The van der Waals surface area contributed by atoms with Gasteiger partial charge < -0.3 is 10.1 Å². The molecule has 0 saturated heterocycles. The molecule has 0 fully saturated rings. The largest absolute Gasteiger partial charge is 0.484 e. The van der Waals surface area contributed by atoms with Gasteiger partial charge in [0.2, 0.25) is 0 Å². The summed E-state index contributed by atoms with van der Waals surface area (Å²) in [6.45, 7) is 3.64. The van der Waals surface area contributed by atoms with Crippen LogP contribution in [0.2, 0.25) is 0 Å². The van der Waals surface area contributed by atoms with E-state index in [-0.39, 0.29) is 12.5 Å². The molecule has 1 heterocycles. The van der Waals surface area contributed by atoms with Gasteiger partial charge in [0.05, 0.1) is 17.1 Å². The number of hydrogen-bond donors (Lipinski definition) is 2. The number of carbonyl (C=O) groups excluding carboxylic acids is 1. The number of amides is 1. The van der Waals surface area contributed by atoms with Gasteiger partial charge in [-0.2, -0.15) is 5.10 Å². The van der Waals surface area contributed by atoms with Gasteiger partial charge in [-0.05, 0) is 32.0 Å². The highest BCUT2D eigenvalue weighted by molar-refractivity contribution is 9.10. The third-order valence-corrected chi connectivity index (χ3v) is 3.05. The Morgan fingerprint density at radius 2 is 2.26 bits per heavy atom. The third kappa shape index (κ3) is 3.57. The van der Waals surface area contributed by atoms with E-state index in [1.807, 2.05) is 32.0 Å². The van der Waals surface area contributed by atoms with E-state index < -0.39 is 0 Å². The molecule has 0 aliphatic heterocycles. The number of hydrogen-bond acceptors (Lipinski definition) is 3. The first kappa shape index (κ1) is 13.6. The molecule has 0 aliphatic rings. The van der Waals surface area contributed by atoms with Gasteiger partial charge in [0.1, 0.15) is 5.75 Å². The van der Waals surface area contributed by atoms with E-state index >= 15 is 0 Å². The van der Waals surface area contributed by atoms with Gasteiger partial charge in [-0.15, -0.1) is 0 Å². The Kier molecular flexibility index (Phi) is 4.21. The Hall–Kier alpha value is -1.82. The number of halogens is 1. The van der Waals surface area contributed by atoms with Crippen LogP contribution in [0.3, 0.4) is 0 Å². The second kappa shape index (κ2) is 5.88. The van der Waals surface area contributed by atoms with Crippen LogP contribution < -0.4 is 10.1 Å². The maximum absolute atomic E-state index is 11.8. The van der Waals surface area contributed by atoms with E-state index in [9.17, 15) is 4.79 Å². The summed E-state index contributed by atoms with van der Waals surface area (Å²) < 4.78 is 6.31. The topological polar surface area (TPSA) is 67.0 Å². The van der Waals surface area contributed by atoms with Gasteiger partial charge in [-0.3, -0.25) is 9.89 Å². The Bertz CT molecular complexity index is 576. The molecular weight excluding hydrogens is 310 g/mol. The molecule has 100 valence electrons. The molecule has 0 saturated carbocycles. The zero-order valence-corrected chi connectivity index (χ0v) is 12.2. The van der Waals surface area contributed by atoms with Crippen molar-refractivity contribution in [3.8, 4) is 5.75 Å². The Labute approximate surface area is 119 Å². The van der Waals surface area contributed by atoms with Gasteiger partial charge in [0.25, 0.3) is 5.91 Å². The number of anilines is 1. The molecule has 0 radical (unpaired) electrons. The second-order valence-corrected chi connectivity index (χ2v) is 5.02. The summed E-state index contributed by atoms with van der Waals surface area (Å²) >= 11 is 3.34. The van der Waals surface area contributed by atoms with Crippen molar-refractivity contribution < 1.29 is 9.53 Å². The molecule has 19 heavy (non-hydrogen) atoms. The van der Waals surface area contributed by atoms with Crippen molar-refractivity contribution in [3.05, 3.63) is 40.1 Å². The van der Waals surface area contributed by atoms with E-state index in [0.717, 1.165) is 15.9 Å². The monoisotopic (exact) mass is 323 g/mol. The normalized spacial score (nSPS) is 10.3. The van der Waals surface area contributed by atoms with Crippen LogP contribution in [0.4, 0.5) is 5.69 Å². The highest BCUT2D eigenvalue weighted by Crippen LogP contribution is 2.18. The smallest absolute Gasteiger partial charge is 0.262 e. The minimum atomic E-state index is -0.215. The van der Waals surface area contributed by atoms with Crippen molar-refractivity contribution in [2.45, 2.75) is 13.8 Å². The molecule has 0 aliphatic carbocycles. The van der Waals surface area contributed by atoms with Crippen LogP contribution in [-0.2, 0) is 4.79 Å². The summed E-state index contributed by atoms with van der Waals surface area (Å²) in [5, 5.41) is 9.60. The lowest BCUT2D eigenvalue weighted by Crippen LogP contribution is -2.20. The minimum absolute atomic E-state index is 0.0412. The van der Waals surface area contributed by atoms with E-state index in [0.29, 0.717) is 11.4 Å². The number of aromatic nitrogens is 2. The maximum atomic E-state index is 11.8. The van der Waals surface area contributed by atoms with Crippen LogP contribution in [-0.4, -0.2) is 22.7 Å². The predicted molar refractivity (Wildman–Crippen MR) is 76.3 cm³/mol. The SMILES string of the molecule is Cc1n[nH]c(C)c1NC(=O)COc1cccc(Br)c1. The lowest BCUT2D eigenvalue weighted by atomic mass is 10.3. The molecule has 0 atom stereocenters. The Morgan fingerprint density at radius 1 is 1.47 bits per heavy atom. The van der Waals surface area contributed by atoms with Gasteiger partial charge in [-0.25, -0.2) is 0 Å². The fourth-order valence-electron chi connectivity index (χ4n) is 1.62. The van der Waals surface area contributed by atoms with Crippen molar-refractivity contribution in [3.63, 3.8) is 0 Å². The summed E-state index contributed by atoms with van der Waals surface area (Å²) in [6.07, 6.45) is 0. The van der Waals surface area contributed by atoms with E-state index in [2.05, 4.69) is 31.4 Å². The first-order valence-corrected chi connectivity index (χ1v) is 6.55. The molecule has 1 amide bonds. The molecule has 2 rings (SSSR count). The summed E-state index contributed by atoms with van der Waals surface area (Å²) in [5.41, 5.74) is 2.30. The lowest BCUT2D eigenvalue weighted by molar-refractivity contribution is -0.118. The quantitative estimate of drug-likeness (QED) is 0.909. The molecule has 2 N–H and O–H groups in total. The molecule has 1 aromatic carbocycles. The van der Waals surface area contributed by atoms with Crippen molar-refractivity contribution in [2.24, 2.45) is 0 Å². The average Bonchev–Trinajstić information content (AvgIpc) is 2.68. The first-order chi connectivity index (χ1) is 9.06. The van der Waals surface area contributed by atoms with Gasteiger partial charge in [-0.1, -0.05) is 22.0 Å². The fraction of sp³-hybridized carbons (Fsp3) is 0.231. The number of nitrogens with zero attached hydrogens (tertiary/aromatic N) is 1. The summed E-state index contributed by atoms with van der Waals surface area (Å²) in [7, 11) is 0. The minimum Gasteiger partial charge on any atom is -0.484 e. The van der Waals surface area contributed by atoms with Crippen LogP contribution in [0, 0.1) is 13.8 Å². The number of ether oxygens (including phenoxy) is 1. The van der Waals surface area contributed by atoms with E-state index in [4.69, 9.17) is 4.74 Å². The summed E-state index contributed by atoms with van der Waals surface area (Å²) in [6, 6.07) is 7.35. The Balaban J connectivity index is 1.92. The van der Waals surface area contributed by atoms with Gasteiger partial charge >= 0.3 is 0 Å². The Morgan fingerprint density at radius 3 is 2.89 bits per heavy atom. The first-order valence-electron chi connectivity index (χ1n) is 5.76. The fourth-order valence-corrected chi connectivity index (χ4v) is 1.99. The number of carbonyl (C=O) groups is 1. The summed E-state index contributed by atoms with van der Waals surface area (Å²) in [5.74, 6) is 0.428. The lowest BCUT2D eigenvalue weighted by Gasteiger charge is -2.07. The number of nitrogens with one attached hydrogen (secondary N) is 2. The number of aryl methyl sites for hydroxylation is 2. The molecular formula is C13H14BrN3O2. The molecule has 0 unspecified atom stereocenters. The molecule has 5 nitrogen and oxygen atoms in total. The zero-order chi connectivity index (χ0) is 13.8. The third-order valence-electron chi connectivity index (χ3n) is 2.56. The highest BCUT2D eigenvalue weighted by Gasteiger charge is 2.10. The van der Waals surface area contributed by atoms with Crippen LogP contribution in [0.15, 0.2) is 28.7 Å². The van der Waals surface area contributed by atoms with E-state index in [1.54, 1.807) is 6.07 Å². The van der Waals surface area contributed by atoms with Crippen LogP contribution in [0.5, 0.6) is 5.75 Å². The number of aromatic amines is 1.